The fourth-order valence-electron chi connectivity index (χ4n) is 3.29. The maximum absolute atomic E-state index is 11.0. The first-order chi connectivity index (χ1) is 14.1. The molecule has 0 fully saturated rings. The lowest BCUT2D eigenvalue weighted by atomic mass is 9.99. The van der Waals surface area contributed by atoms with Gasteiger partial charge in [-0.15, -0.1) is 0 Å². The summed E-state index contributed by atoms with van der Waals surface area (Å²) >= 11 is 0. The number of rotatable bonds is 8. The van der Waals surface area contributed by atoms with Gasteiger partial charge in [0.15, 0.2) is 0 Å². The van der Waals surface area contributed by atoms with Crippen LogP contribution in [0.15, 0.2) is 78.9 Å². The largest absolute Gasteiger partial charge is 0.810 e. The topological polar surface area (TPSA) is 120 Å². The highest BCUT2D eigenvalue weighted by atomic mass is 32.2. The Hall–Kier alpha value is -2.28. The van der Waals surface area contributed by atoms with Crippen molar-refractivity contribution in [2.75, 3.05) is 0 Å². The molecule has 0 saturated heterocycles. The first-order valence-corrected chi connectivity index (χ1v) is 12.4. The van der Waals surface area contributed by atoms with Crippen LogP contribution in [-0.2, 0) is 21.1 Å². The highest BCUT2D eigenvalue weighted by Crippen LogP contribution is 2.38. The quantitative estimate of drug-likeness (QED) is 0.390. The molecule has 0 aliphatic carbocycles. The van der Waals surface area contributed by atoms with Crippen LogP contribution in [0.25, 0.3) is 22.3 Å². The molecule has 0 heterocycles. The fraction of sp³-hybridized carbons (Fsp3) is 0.182. The van der Waals surface area contributed by atoms with Crippen LogP contribution in [0, 0.1) is 0 Å². The summed E-state index contributed by atoms with van der Waals surface area (Å²) in [4.78, 5) is 19.6. The zero-order valence-electron chi connectivity index (χ0n) is 16.0. The van der Waals surface area contributed by atoms with Crippen LogP contribution < -0.4 is 9.79 Å². The zero-order chi connectivity index (χ0) is 21.8. The molecular formula is C22H20O6PS-3. The molecule has 0 spiro atoms. The Kier molecular flexibility index (Phi) is 6.91. The van der Waals surface area contributed by atoms with Crippen LogP contribution in [0.5, 0.6) is 0 Å². The van der Waals surface area contributed by atoms with Gasteiger partial charge in [0.25, 0.3) is 0 Å². The summed E-state index contributed by atoms with van der Waals surface area (Å²) in [6, 6.07) is 25.7. The summed E-state index contributed by atoms with van der Waals surface area (Å²) in [7, 11) is -10.7. The Labute approximate surface area is 176 Å². The van der Waals surface area contributed by atoms with Crippen molar-refractivity contribution in [1.29, 1.82) is 0 Å². The number of aryl methyl sites for hydroxylation is 1. The average Bonchev–Trinajstić information content (AvgIpc) is 2.71. The van der Waals surface area contributed by atoms with Gasteiger partial charge in [-0.25, -0.2) is 8.42 Å². The lowest BCUT2D eigenvalue weighted by Gasteiger charge is -2.39. The molecule has 1 unspecified atom stereocenters. The van der Waals surface area contributed by atoms with E-state index in [-0.39, 0.29) is 6.42 Å². The van der Waals surface area contributed by atoms with Crippen LogP contribution in [0.4, 0.5) is 0 Å². The summed E-state index contributed by atoms with van der Waals surface area (Å²) in [6.07, 6.45) is -0.0379. The summed E-state index contributed by atoms with van der Waals surface area (Å²) < 4.78 is 44.1. The SMILES string of the molecule is O=P([O-])([O-])C(CCCc1ccc(-c2ccc(-c3ccccc3)cc2)cc1)S(=O)(=O)[O-]. The monoisotopic (exact) mass is 443 g/mol. The van der Waals surface area contributed by atoms with Crippen molar-refractivity contribution in [1.82, 2.24) is 0 Å². The van der Waals surface area contributed by atoms with Crippen LogP contribution in [0.3, 0.4) is 0 Å². The van der Waals surface area contributed by atoms with E-state index in [2.05, 4.69) is 0 Å². The van der Waals surface area contributed by atoms with Gasteiger partial charge >= 0.3 is 0 Å². The lowest BCUT2D eigenvalue weighted by Crippen LogP contribution is -2.32. The van der Waals surface area contributed by atoms with Crippen LogP contribution in [0.1, 0.15) is 18.4 Å². The highest BCUT2D eigenvalue weighted by Gasteiger charge is 2.19. The molecule has 30 heavy (non-hydrogen) atoms. The van der Waals surface area contributed by atoms with Crippen molar-refractivity contribution < 1.29 is 27.3 Å². The maximum Gasteiger partial charge on any atom is 0.102 e. The van der Waals surface area contributed by atoms with Crippen LogP contribution in [-0.4, -0.2) is 18.0 Å². The molecule has 3 aromatic rings. The first-order valence-electron chi connectivity index (χ1n) is 9.36. The van der Waals surface area contributed by atoms with Crippen LogP contribution >= 0.6 is 7.60 Å². The molecule has 1 atom stereocenters. The third-order valence-corrected chi connectivity index (χ3v) is 8.30. The average molecular weight is 443 g/mol. The van der Waals surface area contributed by atoms with Gasteiger partial charge in [0.05, 0.1) is 4.99 Å². The normalized spacial score (nSPS) is 13.2. The van der Waals surface area contributed by atoms with Crippen LogP contribution in [0.2, 0.25) is 0 Å². The first kappa shape index (κ1) is 22.4. The minimum atomic E-state index is -5.49. The molecule has 0 aromatic heterocycles. The van der Waals surface area contributed by atoms with Gasteiger partial charge in [0.1, 0.15) is 10.1 Å². The van der Waals surface area contributed by atoms with Gasteiger partial charge in [-0.1, -0.05) is 86.5 Å². The third kappa shape index (κ3) is 5.88. The smallest absolute Gasteiger partial charge is 0.102 e. The van der Waals surface area contributed by atoms with E-state index in [0.29, 0.717) is 6.42 Å². The Morgan fingerprint density at radius 3 is 1.60 bits per heavy atom. The molecule has 158 valence electrons. The Morgan fingerprint density at radius 2 is 1.17 bits per heavy atom. The summed E-state index contributed by atoms with van der Waals surface area (Å²) in [6.45, 7) is 0. The van der Waals surface area contributed by atoms with E-state index in [1.807, 2.05) is 78.9 Å². The van der Waals surface area contributed by atoms with E-state index in [0.717, 1.165) is 27.8 Å². The standard InChI is InChI=1S/C22H23O6PS/c23-29(24,25)22(30(26,27)28)8-4-5-17-9-11-19(12-10-17)21-15-13-20(14-16-21)18-6-2-1-3-7-18/h1-3,6-7,9-16,22H,4-5,8H2,(H2,23,24,25)(H,26,27,28)/p-3. The Bertz CT molecular complexity index is 1120. The fourth-order valence-corrected chi connectivity index (χ4v) is 5.51. The molecule has 3 aromatic carbocycles. The molecule has 0 aliphatic heterocycles. The molecule has 0 aliphatic rings. The minimum absolute atomic E-state index is 0.103. The van der Waals surface area contributed by atoms with E-state index in [1.165, 1.54) is 0 Å². The van der Waals surface area contributed by atoms with E-state index in [4.69, 9.17) is 0 Å². The van der Waals surface area contributed by atoms with Gasteiger partial charge in [-0.2, -0.15) is 0 Å². The second-order valence-corrected chi connectivity index (χ2v) is 10.6. The van der Waals surface area contributed by atoms with E-state index in [9.17, 15) is 27.3 Å². The number of hydrogen-bond donors (Lipinski definition) is 0. The minimum Gasteiger partial charge on any atom is -0.810 e. The molecule has 0 bridgehead atoms. The van der Waals surface area contributed by atoms with Crippen molar-refractivity contribution in [3.05, 3.63) is 84.4 Å². The molecule has 6 nitrogen and oxygen atoms in total. The Morgan fingerprint density at radius 1 is 0.733 bits per heavy atom. The van der Waals surface area contributed by atoms with Gasteiger partial charge in [-0.05, 0) is 47.1 Å². The lowest BCUT2D eigenvalue weighted by molar-refractivity contribution is -0.314. The van der Waals surface area contributed by atoms with E-state index >= 15 is 0 Å². The van der Waals surface area contributed by atoms with Crippen molar-refractivity contribution in [2.24, 2.45) is 0 Å². The number of benzene rings is 3. The Balaban J connectivity index is 1.63. The molecule has 0 radical (unpaired) electrons. The zero-order valence-corrected chi connectivity index (χ0v) is 17.7. The van der Waals surface area contributed by atoms with Gasteiger partial charge in [-0.3, -0.25) is 0 Å². The predicted molar refractivity (Wildman–Crippen MR) is 111 cm³/mol. The molecule has 3 rings (SSSR count). The molecule has 0 amide bonds. The molecule has 8 heteroatoms. The van der Waals surface area contributed by atoms with Gasteiger partial charge < -0.3 is 18.9 Å². The molecule has 0 N–H and O–H groups in total. The van der Waals surface area contributed by atoms with Crippen molar-refractivity contribution >= 4 is 17.7 Å². The maximum atomic E-state index is 11.0. The van der Waals surface area contributed by atoms with Gasteiger partial charge in [0, 0.05) is 0 Å². The van der Waals surface area contributed by atoms with Crippen molar-refractivity contribution in [3.63, 3.8) is 0 Å². The molecule has 0 saturated carbocycles. The summed E-state index contributed by atoms with van der Waals surface area (Å²) in [5, 5.41) is 0. The van der Waals surface area contributed by atoms with Crippen molar-refractivity contribution in [2.45, 2.75) is 24.3 Å². The third-order valence-electron chi connectivity index (χ3n) is 4.88. The predicted octanol–water partition coefficient (Wildman–Crippen LogP) is 3.13. The van der Waals surface area contributed by atoms with Gasteiger partial charge in [0.2, 0.25) is 0 Å². The summed E-state index contributed by atoms with van der Waals surface area (Å²) in [5.74, 6) is 0. The summed E-state index contributed by atoms with van der Waals surface area (Å²) in [5.41, 5.74) is 5.15. The highest BCUT2D eigenvalue weighted by molar-refractivity contribution is 7.93. The molecular weight excluding hydrogens is 423 g/mol. The second-order valence-electron chi connectivity index (χ2n) is 7.02. The second kappa shape index (κ2) is 9.25. The van der Waals surface area contributed by atoms with E-state index in [1.54, 1.807) is 0 Å². The van der Waals surface area contributed by atoms with E-state index < -0.39 is 29.1 Å². The van der Waals surface area contributed by atoms with Crippen molar-refractivity contribution in [3.8, 4) is 22.3 Å². The number of hydrogen-bond acceptors (Lipinski definition) is 6.